The Balaban J connectivity index is 2.20. The van der Waals surface area contributed by atoms with E-state index in [9.17, 15) is 4.79 Å². The van der Waals surface area contributed by atoms with Crippen molar-refractivity contribution < 1.29 is 14.3 Å². The molecule has 0 unspecified atom stereocenters. The molecular weight excluding hydrogens is 300 g/mol. The van der Waals surface area contributed by atoms with Gasteiger partial charge in [-0.05, 0) is 56.2 Å². The zero-order valence-corrected chi connectivity index (χ0v) is 15.3. The molecule has 0 aliphatic carbocycles. The van der Waals surface area contributed by atoms with Crippen LogP contribution in [0.25, 0.3) is 0 Å². The molecule has 2 aromatic carbocycles. The maximum atomic E-state index is 12.0. The van der Waals surface area contributed by atoms with Crippen LogP contribution in [0.3, 0.4) is 0 Å². The summed E-state index contributed by atoms with van der Waals surface area (Å²) in [6.07, 6.45) is 0. The van der Waals surface area contributed by atoms with Gasteiger partial charge >= 0.3 is 5.97 Å². The van der Waals surface area contributed by atoms with Crippen molar-refractivity contribution in [2.75, 3.05) is 7.11 Å². The summed E-state index contributed by atoms with van der Waals surface area (Å²) in [4.78, 5) is 12.0. The van der Waals surface area contributed by atoms with Gasteiger partial charge < -0.3 is 9.47 Å². The fourth-order valence-electron chi connectivity index (χ4n) is 2.37. The smallest absolute Gasteiger partial charge is 0.316 e. The van der Waals surface area contributed by atoms with Gasteiger partial charge in [0.05, 0.1) is 12.5 Å². The van der Waals surface area contributed by atoms with Crippen LogP contribution >= 0.6 is 0 Å². The van der Waals surface area contributed by atoms with Crippen LogP contribution in [-0.4, -0.2) is 13.1 Å². The Morgan fingerprint density at radius 3 is 1.54 bits per heavy atom. The molecule has 0 N–H and O–H groups in total. The highest BCUT2D eigenvalue weighted by atomic mass is 16.5. The van der Waals surface area contributed by atoms with Crippen molar-refractivity contribution in [3.63, 3.8) is 0 Å². The number of hydrogen-bond acceptors (Lipinski definition) is 3. The van der Waals surface area contributed by atoms with Gasteiger partial charge in [0.1, 0.15) is 11.5 Å². The summed E-state index contributed by atoms with van der Waals surface area (Å²) >= 11 is 0. The SMILES string of the molecule is COc1ccc(C(C)(C)c2ccc(OC(=O)C(C)(C)C)cc2)cc1. The Hall–Kier alpha value is -2.29. The predicted molar refractivity (Wildman–Crippen MR) is 96.7 cm³/mol. The maximum absolute atomic E-state index is 12.0. The molecule has 0 spiro atoms. The highest BCUT2D eigenvalue weighted by Crippen LogP contribution is 2.33. The molecule has 0 aliphatic rings. The molecule has 0 saturated heterocycles. The minimum atomic E-state index is -0.513. The molecule has 3 nitrogen and oxygen atoms in total. The molecule has 0 bridgehead atoms. The lowest BCUT2D eigenvalue weighted by Gasteiger charge is -2.26. The second-order valence-corrected chi connectivity index (χ2v) is 7.52. The molecule has 0 heterocycles. The lowest BCUT2D eigenvalue weighted by Crippen LogP contribution is -2.25. The summed E-state index contributed by atoms with van der Waals surface area (Å²) in [6.45, 7) is 9.87. The number of benzene rings is 2. The van der Waals surface area contributed by atoms with Gasteiger partial charge in [-0.15, -0.1) is 0 Å². The van der Waals surface area contributed by atoms with Crippen LogP contribution < -0.4 is 9.47 Å². The van der Waals surface area contributed by atoms with Crippen LogP contribution in [0.2, 0.25) is 0 Å². The molecular formula is C21H26O3. The van der Waals surface area contributed by atoms with Crippen molar-refractivity contribution in [1.29, 1.82) is 0 Å². The van der Waals surface area contributed by atoms with E-state index in [-0.39, 0.29) is 11.4 Å². The zero-order chi connectivity index (χ0) is 18.0. The van der Waals surface area contributed by atoms with E-state index in [2.05, 4.69) is 26.0 Å². The van der Waals surface area contributed by atoms with E-state index in [1.54, 1.807) is 7.11 Å². The molecule has 2 aromatic rings. The van der Waals surface area contributed by atoms with Gasteiger partial charge in [0.25, 0.3) is 0 Å². The summed E-state index contributed by atoms with van der Waals surface area (Å²) in [5, 5.41) is 0. The molecule has 128 valence electrons. The topological polar surface area (TPSA) is 35.5 Å². The first-order valence-electron chi connectivity index (χ1n) is 8.12. The number of carbonyl (C=O) groups is 1. The fourth-order valence-corrected chi connectivity index (χ4v) is 2.37. The molecule has 0 aromatic heterocycles. The normalized spacial score (nSPS) is 11.9. The van der Waals surface area contributed by atoms with Crippen molar-refractivity contribution in [3.8, 4) is 11.5 Å². The van der Waals surface area contributed by atoms with Crippen LogP contribution in [0.1, 0.15) is 45.7 Å². The van der Waals surface area contributed by atoms with Crippen molar-refractivity contribution >= 4 is 5.97 Å². The molecule has 0 amide bonds. The number of ether oxygens (including phenoxy) is 2. The van der Waals surface area contributed by atoms with Crippen LogP contribution in [-0.2, 0) is 10.2 Å². The van der Waals surface area contributed by atoms with Gasteiger partial charge in [-0.1, -0.05) is 38.1 Å². The maximum Gasteiger partial charge on any atom is 0.316 e. The number of hydrogen-bond donors (Lipinski definition) is 0. The largest absolute Gasteiger partial charge is 0.497 e. The monoisotopic (exact) mass is 326 g/mol. The molecule has 2 rings (SSSR count). The van der Waals surface area contributed by atoms with Gasteiger partial charge in [-0.3, -0.25) is 4.79 Å². The Bertz CT molecular complexity index is 689. The zero-order valence-electron chi connectivity index (χ0n) is 15.3. The standard InChI is InChI=1S/C21H26O3/c1-20(2,3)19(22)24-18-13-9-16(10-14-18)21(4,5)15-7-11-17(23-6)12-8-15/h7-14H,1-6H3. The van der Waals surface area contributed by atoms with Gasteiger partial charge in [-0.25, -0.2) is 0 Å². The van der Waals surface area contributed by atoms with Crippen molar-refractivity contribution in [2.45, 2.75) is 40.0 Å². The minimum absolute atomic E-state index is 0.154. The highest BCUT2D eigenvalue weighted by molar-refractivity contribution is 5.77. The van der Waals surface area contributed by atoms with Crippen molar-refractivity contribution in [1.82, 2.24) is 0 Å². The van der Waals surface area contributed by atoms with E-state index >= 15 is 0 Å². The first kappa shape index (κ1) is 18.1. The van der Waals surface area contributed by atoms with Crippen molar-refractivity contribution in [2.24, 2.45) is 5.41 Å². The van der Waals surface area contributed by atoms with Crippen LogP contribution in [0.4, 0.5) is 0 Å². The fraction of sp³-hybridized carbons (Fsp3) is 0.381. The Labute approximate surface area is 144 Å². The number of carbonyl (C=O) groups excluding carboxylic acids is 1. The van der Waals surface area contributed by atoms with E-state index in [0.29, 0.717) is 5.75 Å². The van der Waals surface area contributed by atoms with Crippen molar-refractivity contribution in [3.05, 3.63) is 59.7 Å². The van der Waals surface area contributed by atoms with E-state index in [1.807, 2.05) is 57.2 Å². The highest BCUT2D eigenvalue weighted by Gasteiger charge is 2.25. The summed E-state index contributed by atoms with van der Waals surface area (Å²) < 4.78 is 10.6. The Kier molecular flexibility index (Phi) is 5.02. The number of rotatable bonds is 4. The molecule has 0 aliphatic heterocycles. The predicted octanol–water partition coefficient (Wildman–Crippen LogP) is 4.97. The van der Waals surface area contributed by atoms with Crippen LogP contribution in [0, 0.1) is 5.41 Å². The second-order valence-electron chi connectivity index (χ2n) is 7.52. The second kappa shape index (κ2) is 6.68. The van der Waals surface area contributed by atoms with E-state index in [4.69, 9.17) is 9.47 Å². The third kappa shape index (κ3) is 3.97. The third-order valence-corrected chi connectivity index (χ3v) is 4.21. The molecule has 0 atom stereocenters. The van der Waals surface area contributed by atoms with Crippen LogP contribution in [0.5, 0.6) is 11.5 Å². The lowest BCUT2D eigenvalue weighted by atomic mass is 9.78. The van der Waals surface area contributed by atoms with E-state index < -0.39 is 5.41 Å². The minimum Gasteiger partial charge on any atom is -0.497 e. The Morgan fingerprint density at radius 2 is 1.17 bits per heavy atom. The summed E-state index contributed by atoms with van der Waals surface area (Å²) in [5.74, 6) is 1.19. The molecule has 24 heavy (non-hydrogen) atoms. The molecule has 0 fully saturated rings. The summed E-state index contributed by atoms with van der Waals surface area (Å²) in [5.41, 5.74) is 1.69. The van der Waals surface area contributed by atoms with Gasteiger partial charge in [0, 0.05) is 5.41 Å². The first-order valence-corrected chi connectivity index (χ1v) is 8.12. The molecule has 0 saturated carbocycles. The quantitative estimate of drug-likeness (QED) is 0.587. The van der Waals surface area contributed by atoms with Crippen LogP contribution in [0.15, 0.2) is 48.5 Å². The average Bonchev–Trinajstić information content (AvgIpc) is 2.54. The van der Waals surface area contributed by atoms with Gasteiger partial charge in [0.15, 0.2) is 0 Å². The third-order valence-electron chi connectivity index (χ3n) is 4.21. The summed E-state index contributed by atoms with van der Waals surface area (Å²) in [6, 6.07) is 15.8. The average molecular weight is 326 g/mol. The number of methoxy groups -OCH3 is 1. The molecule has 3 heteroatoms. The first-order chi connectivity index (χ1) is 11.1. The Morgan fingerprint density at radius 1 is 0.750 bits per heavy atom. The lowest BCUT2D eigenvalue weighted by molar-refractivity contribution is -0.142. The van der Waals surface area contributed by atoms with E-state index in [1.165, 1.54) is 5.56 Å². The summed E-state index contributed by atoms with van der Waals surface area (Å²) in [7, 11) is 1.66. The van der Waals surface area contributed by atoms with Gasteiger partial charge in [0.2, 0.25) is 0 Å². The number of esters is 1. The van der Waals surface area contributed by atoms with Gasteiger partial charge in [-0.2, -0.15) is 0 Å². The van der Waals surface area contributed by atoms with E-state index in [0.717, 1.165) is 11.3 Å². The molecule has 0 radical (unpaired) electrons.